The van der Waals surface area contributed by atoms with Crippen LogP contribution in [0.5, 0.6) is 11.5 Å². The number of hydrogen-bond donors (Lipinski definition) is 1. The average Bonchev–Trinajstić information content (AvgIpc) is 3.43. The van der Waals surface area contributed by atoms with Crippen LogP contribution in [0.1, 0.15) is 12.8 Å². The minimum absolute atomic E-state index is 0.00517. The topological polar surface area (TPSA) is 94.7 Å². The van der Waals surface area contributed by atoms with Gasteiger partial charge in [0.05, 0.1) is 26.8 Å². The number of hydrogen-bond acceptors (Lipinski definition) is 9. The second-order valence-electron chi connectivity index (χ2n) is 7.13. The van der Waals surface area contributed by atoms with E-state index in [0.29, 0.717) is 35.7 Å². The van der Waals surface area contributed by atoms with Gasteiger partial charge in [-0.25, -0.2) is 9.67 Å². The zero-order valence-corrected chi connectivity index (χ0v) is 18.9. The minimum atomic E-state index is -0.107. The van der Waals surface area contributed by atoms with Gasteiger partial charge in [0.1, 0.15) is 0 Å². The van der Waals surface area contributed by atoms with Crippen molar-refractivity contribution in [3.8, 4) is 23.0 Å². The highest BCUT2D eigenvalue weighted by Crippen LogP contribution is 2.32. The van der Waals surface area contributed by atoms with E-state index in [1.807, 2.05) is 11.4 Å². The van der Waals surface area contributed by atoms with Crippen LogP contribution in [-0.2, 0) is 11.5 Å². The second kappa shape index (κ2) is 9.58. The number of nitrogens with one attached hydrogen (secondary N) is 1. The lowest BCUT2D eigenvalue weighted by atomic mass is 9.97. The number of rotatable bonds is 7. The molecule has 0 aliphatic carbocycles. The van der Waals surface area contributed by atoms with E-state index in [1.54, 1.807) is 37.2 Å². The third-order valence-electron chi connectivity index (χ3n) is 5.11. The summed E-state index contributed by atoms with van der Waals surface area (Å²) in [5, 5.41) is 9.89. The first-order valence-corrected chi connectivity index (χ1v) is 11.1. The fourth-order valence-electron chi connectivity index (χ4n) is 3.56. The van der Waals surface area contributed by atoms with E-state index in [0.717, 1.165) is 24.9 Å². The molecule has 0 spiro atoms. The highest BCUT2D eigenvalue weighted by molar-refractivity contribution is 7.71. The van der Waals surface area contributed by atoms with Gasteiger partial charge in [-0.2, -0.15) is 0 Å². The Hall–Kier alpha value is -2.76. The minimum Gasteiger partial charge on any atom is -0.493 e. The third-order valence-corrected chi connectivity index (χ3v) is 6.09. The molecule has 1 atom stereocenters. The molecule has 164 valence electrons. The molecule has 11 heteroatoms. The fourth-order valence-corrected chi connectivity index (χ4v) is 4.27. The monoisotopic (exact) mass is 461 g/mol. The molecule has 1 fully saturated rings. The first-order valence-electron chi connectivity index (χ1n) is 9.80. The van der Waals surface area contributed by atoms with Crippen LogP contribution in [0.15, 0.2) is 34.2 Å². The molecule has 1 N–H and O–H groups in total. The standard InChI is InChI=1S/C20H23N5O4S2/c1-27-15-6-5-13(10-16(15)28-2)18-23-25(20(30)29-18)12-24-8-3-4-14(11-24)17(26)22-19-21-7-9-31-19/h5-7,9-10,14H,3-4,8,11-12H2,1-2H3,(H,21,22,26). The fraction of sp³-hybridized carbons (Fsp3) is 0.400. The van der Waals surface area contributed by atoms with Crippen LogP contribution in [0.3, 0.4) is 0 Å². The first-order chi connectivity index (χ1) is 15.1. The maximum absolute atomic E-state index is 12.6. The quantitative estimate of drug-likeness (QED) is 0.533. The average molecular weight is 462 g/mol. The second-order valence-corrected chi connectivity index (χ2v) is 8.37. The van der Waals surface area contributed by atoms with Crippen molar-refractivity contribution in [2.45, 2.75) is 19.5 Å². The predicted molar refractivity (Wildman–Crippen MR) is 119 cm³/mol. The summed E-state index contributed by atoms with van der Waals surface area (Å²) in [5.74, 6) is 1.50. The summed E-state index contributed by atoms with van der Waals surface area (Å²) < 4.78 is 18.0. The van der Waals surface area contributed by atoms with Crippen LogP contribution in [0.25, 0.3) is 11.5 Å². The van der Waals surface area contributed by atoms with E-state index >= 15 is 0 Å². The summed E-state index contributed by atoms with van der Waals surface area (Å²) in [6.45, 7) is 1.94. The molecule has 3 heterocycles. The molecule has 1 unspecified atom stereocenters. The maximum Gasteiger partial charge on any atom is 0.288 e. The Morgan fingerprint density at radius 2 is 2.19 bits per heavy atom. The number of piperidine rings is 1. The van der Waals surface area contributed by atoms with E-state index in [-0.39, 0.29) is 16.7 Å². The van der Waals surface area contributed by atoms with Crippen LogP contribution in [0, 0.1) is 10.8 Å². The Labute approximate surface area is 188 Å². The third kappa shape index (κ3) is 4.94. The van der Waals surface area contributed by atoms with Gasteiger partial charge < -0.3 is 19.2 Å². The SMILES string of the molecule is COc1ccc(-c2nn(CN3CCCC(C(=O)Nc4nccs4)C3)c(=S)o2)cc1OC. The molecule has 31 heavy (non-hydrogen) atoms. The Balaban J connectivity index is 1.44. The Morgan fingerprint density at radius 1 is 1.35 bits per heavy atom. The molecular formula is C20H23N5O4S2. The molecule has 4 rings (SSSR count). The normalized spacial score (nSPS) is 16.8. The Kier molecular flexibility index (Phi) is 6.64. The smallest absolute Gasteiger partial charge is 0.288 e. The molecule has 1 aliphatic heterocycles. The molecule has 1 aromatic carbocycles. The van der Waals surface area contributed by atoms with Gasteiger partial charge in [-0.1, -0.05) is 0 Å². The van der Waals surface area contributed by atoms with Gasteiger partial charge in [0, 0.05) is 23.7 Å². The molecule has 9 nitrogen and oxygen atoms in total. The van der Waals surface area contributed by atoms with Crippen molar-refractivity contribution in [1.82, 2.24) is 19.7 Å². The molecule has 1 aliphatic rings. The van der Waals surface area contributed by atoms with Crippen molar-refractivity contribution in [2.24, 2.45) is 5.92 Å². The molecule has 0 bridgehead atoms. The van der Waals surface area contributed by atoms with Crippen molar-refractivity contribution in [2.75, 3.05) is 32.6 Å². The molecule has 0 saturated carbocycles. The van der Waals surface area contributed by atoms with E-state index in [4.69, 9.17) is 26.1 Å². The van der Waals surface area contributed by atoms with Gasteiger partial charge in [-0.3, -0.25) is 9.69 Å². The number of carbonyl (C=O) groups is 1. The predicted octanol–water partition coefficient (Wildman–Crippen LogP) is 3.65. The molecule has 2 aromatic heterocycles. The first kappa shape index (κ1) is 21.5. The summed E-state index contributed by atoms with van der Waals surface area (Å²) in [4.78, 5) is 19.1. The van der Waals surface area contributed by atoms with Gasteiger partial charge >= 0.3 is 0 Å². The van der Waals surface area contributed by atoms with E-state index in [9.17, 15) is 4.79 Å². The number of anilines is 1. The lowest BCUT2D eigenvalue weighted by Crippen LogP contribution is -2.41. The van der Waals surface area contributed by atoms with Crippen molar-refractivity contribution in [1.29, 1.82) is 0 Å². The van der Waals surface area contributed by atoms with Crippen LogP contribution >= 0.6 is 23.6 Å². The highest BCUT2D eigenvalue weighted by atomic mass is 32.1. The highest BCUT2D eigenvalue weighted by Gasteiger charge is 2.27. The van der Waals surface area contributed by atoms with Crippen molar-refractivity contribution in [3.63, 3.8) is 0 Å². The lowest BCUT2D eigenvalue weighted by Gasteiger charge is -2.31. The van der Waals surface area contributed by atoms with Gasteiger partial charge in [0.25, 0.3) is 4.84 Å². The van der Waals surface area contributed by atoms with E-state index in [2.05, 4.69) is 20.3 Å². The summed E-state index contributed by atoms with van der Waals surface area (Å²) in [6, 6.07) is 5.43. The molecular weight excluding hydrogens is 438 g/mol. The zero-order chi connectivity index (χ0) is 21.8. The number of amides is 1. The number of aromatic nitrogens is 3. The molecule has 1 amide bonds. The maximum atomic E-state index is 12.6. The van der Waals surface area contributed by atoms with E-state index in [1.165, 1.54) is 11.3 Å². The molecule has 1 saturated heterocycles. The van der Waals surface area contributed by atoms with Gasteiger partial charge in [0.2, 0.25) is 11.8 Å². The number of benzene rings is 1. The van der Waals surface area contributed by atoms with Crippen molar-refractivity contribution in [3.05, 3.63) is 34.6 Å². The number of likely N-dealkylation sites (tertiary alicyclic amines) is 1. The van der Waals surface area contributed by atoms with E-state index < -0.39 is 0 Å². The van der Waals surface area contributed by atoms with Crippen molar-refractivity contribution >= 4 is 34.6 Å². The number of methoxy groups -OCH3 is 2. The molecule has 0 radical (unpaired) electrons. The van der Waals surface area contributed by atoms with Crippen LogP contribution in [-0.4, -0.2) is 52.9 Å². The van der Waals surface area contributed by atoms with Gasteiger partial charge in [-0.15, -0.1) is 16.4 Å². The number of thiazole rings is 1. The largest absolute Gasteiger partial charge is 0.493 e. The van der Waals surface area contributed by atoms with Gasteiger partial charge in [0.15, 0.2) is 16.6 Å². The number of carbonyl (C=O) groups excluding carboxylic acids is 1. The van der Waals surface area contributed by atoms with Crippen LogP contribution in [0.2, 0.25) is 0 Å². The van der Waals surface area contributed by atoms with Crippen molar-refractivity contribution < 1.29 is 18.7 Å². The number of ether oxygens (including phenoxy) is 2. The zero-order valence-electron chi connectivity index (χ0n) is 17.2. The summed E-state index contributed by atoms with van der Waals surface area (Å²) >= 11 is 6.79. The van der Waals surface area contributed by atoms with Crippen LogP contribution in [0.4, 0.5) is 5.13 Å². The lowest BCUT2D eigenvalue weighted by molar-refractivity contribution is -0.121. The summed E-state index contributed by atoms with van der Waals surface area (Å²) in [5.41, 5.74) is 0.738. The summed E-state index contributed by atoms with van der Waals surface area (Å²) in [6.07, 6.45) is 3.44. The summed E-state index contributed by atoms with van der Waals surface area (Å²) in [7, 11) is 3.16. The Morgan fingerprint density at radius 3 is 2.94 bits per heavy atom. The van der Waals surface area contributed by atoms with Gasteiger partial charge in [-0.05, 0) is 49.8 Å². The Bertz CT molecular complexity index is 1100. The van der Waals surface area contributed by atoms with Crippen LogP contribution < -0.4 is 14.8 Å². The number of nitrogens with zero attached hydrogens (tertiary/aromatic N) is 4. The molecule has 3 aromatic rings.